The first-order chi connectivity index (χ1) is 8.61. The van der Waals surface area contributed by atoms with Crippen molar-refractivity contribution in [2.75, 3.05) is 7.11 Å². The van der Waals surface area contributed by atoms with E-state index in [1.807, 2.05) is 19.1 Å². The minimum atomic E-state index is -0.0991. The van der Waals surface area contributed by atoms with Crippen molar-refractivity contribution in [2.45, 2.75) is 13.3 Å². The van der Waals surface area contributed by atoms with Crippen molar-refractivity contribution in [2.24, 2.45) is 0 Å². The zero-order valence-electron chi connectivity index (χ0n) is 10.4. The lowest BCUT2D eigenvalue weighted by molar-refractivity contribution is -0.117. The van der Waals surface area contributed by atoms with E-state index in [4.69, 9.17) is 4.74 Å². The van der Waals surface area contributed by atoms with Crippen LogP contribution in [0.25, 0.3) is 0 Å². The maximum absolute atomic E-state index is 12.2. The van der Waals surface area contributed by atoms with Crippen LogP contribution in [0.5, 0.6) is 0 Å². The van der Waals surface area contributed by atoms with Gasteiger partial charge in [-0.1, -0.05) is 35.9 Å². The molecule has 0 aliphatic heterocycles. The van der Waals surface area contributed by atoms with Gasteiger partial charge in [0.1, 0.15) is 0 Å². The van der Waals surface area contributed by atoms with Gasteiger partial charge in [0.2, 0.25) is 5.78 Å². The fraction of sp³-hybridized carbons (Fsp3) is 0.200. The second-order valence-corrected chi connectivity index (χ2v) is 4.19. The zero-order chi connectivity index (χ0) is 13.1. The molecule has 0 heterocycles. The van der Waals surface area contributed by atoms with E-state index in [-0.39, 0.29) is 23.7 Å². The van der Waals surface area contributed by atoms with E-state index in [1.165, 1.54) is 13.2 Å². The monoisotopic (exact) mass is 242 g/mol. The van der Waals surface area contributed by atoms with Crippen LogP contribution in [0.3, 0.4) is 0 Å². The molecule has 92 valence electrons. The number of allylic oxidation sites excluding steroid dienone is 4. The van der Waals surface area contributed by atoms with Crippen molar-refractivity contribution in [3.8, 4) is 0 Å². The number of Topliss-reactive ketones (excluding diaryl/α,β-unsaturated/α-hetero) is 2. The summed E-state index contributed by atoms with van der Waals surface area (Å²) in [6.45, 7) is 1.97. The van der Waals surface area contributed by atoms with Crippen molar-refractivity contribution >= 4 is 11.6 Å². The molecule has 0 spiro atoms. The van der Waals surface area contributed by atoms with Crippen molar-refractivity contribution in [1.29, 1.82) is 0 Å². The molecule has 3 heteroatoms. The third kappa shape index (κ3) is 2.40. The van der Waals surface area contributed by atoms with Crippen LogP contribution in [0.15, 0.2) is 47.7 Å². The van der Waals surface area contributed by atoms with Gasteiger partial charge in [0.05, 0.1) is 7.11 Å². The second kappa shape index (κ2) is 5.00. The van der Waals surface area contributed by atoms with Gasteiger partial charge in [0.25, 0.3) is 0 Å². The summed E-state index contributed by atoms with van der Waals surface area (Å²) in [5.41, 5.74) is 2.23. The summed E-state index contributed by atoms with van der Waals surface area (Å²) in [5.74, 6) is 0.0583. The highest BCUT2D eigenvalue weighted by molar-refractivity contribution is 6.13. The first-order valence-corrected chi connectivity index (χ1v) is 5.72. The Morgan fingerprint density at radius 1 is 1.22 bits per heavy atom. The normalized spacial score (nSPS) is 14.9. The molecule has 0 bridgehead atoms. The quantitative estimate of drug-likeness (QED) is 0.765. The number of methoxy groups -OCH3 is 1. The van der Waals surface area contributed by atoms with Crippen molar-refractivity contribution in [3.05, 3.63) is 58.9 Å². The fourth-order valence-electron chi connectivity index (χ4n) is 1.79. The Morgan fingerprint density at radius 2 is 1.89 bits per heavy atom. The Kier molecular flexibility index (Phi) is 3.42. The molecule has 0 unspecified atom stereocenters. The van der Waals surface area contributed by atoms with E-state index in [9.17, 15) is 9.59 Å². The topological polar surface area (TPSA) is 43.4 Å². The van der Waals surface area contributed by atoms with Gasteiger partial charge in [0, 0.05) is 17.6 Å². The fourth-order valence-corrected chi connectivity index (χ4v) is 1.79. The smallest absolute Gasteiger partial charge is 0.201 e. The van der Waals surface area contributed by atoms with E-state index in [2.05, 4.69) is 0 Å². The molecule has 0 N–H and O–H groups in total. The average molecular weight is 242 g/mol. The molecule has 0 radical (unpaired) electrons. The number of aryl methyl sites for hydroxylation is 1. The number of carbonyl (C=O) groups excluding carboxylic acids is 2. The van der Waals surface area contributed by atoms with E-state index >= 15 is 0 Å². The summed E-state index contributed by atoms with van der Waals surface area (Å²) in [5, 5.41) is 0. The van der Waals surface area contributed by atoms with Crippen molar-refractivity contribution < 1.29 is 14.3 Å². The minimum Gasteiger partial charge on any atom is -0.493 e. The highest BCUT2D eigenvalue weighted by Crippen LogP contribution is 2.19. The molecule has 0 saturated heterocycles. The van der Waals surface area contributed by atoms with Crippen LogP contribution in [0.4, 0.5) is 0 Å². The number of carbonyl (C=O) groups is 2. The molecule has 3 nitrogen and oxygen atoms in total. The third-order valence-corrected chi connectivity index (χ3v) is 2.86. The number of ether oxygens (including phenoxy) is 1. The molecule has 0 fully saturated rings. The predicted molar refractivity (Wildman–Crippen MR) is 68.3 cm³/mol. The van der Waals surface area contributed by atoms with Gasteiger partial charge in [0.15, 0.2) is 11.5 Å². The van der Waals surface area contributed by atoms with Crippen LogP contribution in [-0.4, -0.2) is 18.7 Å². The van der Waals surface area contributed by atoms with Gasteiger partial charge < -0.3 is 4.74 Å². The Morgan fingerprint density at radius 3 is 2.50 bits per heavy atom. The summed E-state index contributed by atoms with van der Waals surface area (Å²) in [6, 6.07) is 7.36. The van der Waals surface area contributed by atoms with Crippen molar-refractivity contribution in [3.63, 3.8) is 0 Å². The highest BCUT2D eigenvalue weighted by Gasteiger charge is 2.19. The van der Waals surface area contributed by atoms with Crippen LogP contribution in [0, 0.1) is 6.92 Å². The molecule has 0 atom stereocenters. The summed E-state index contributed by atoms with van der Waals surface area (Å²) >= 11 is 0. The van der Waals surface area contributed by atoms with Crippen LogP contribution in [0.1, 0.15) is 22.3 Å². The summed E-state index contributed by atoms with van der Waals surface area (Å²) in [7, 11) is 1.43. The number of hydrogen-bond donors (Lipinski definition) is 0. The Balaban J connectivity index is 2.28. The minimum absolute atomic E-state index is 0.0861. The van der Waals surface area contributed by atoms with E-state index < -0.39 is 0 Å². The molecule has 1 aromatic rings. The zero-order valence-corrected chi connectivity index (χ0v) is 10.4. The average Bonchev–Trinajstić information content (AvgIpc) is 2.39. The number of ketones is 2. The molecular weight excluding hydrogens is 228 g/mol. The van der Waals surface area contributed by atoms with Gasteiger partial charge in [-0.05, 0) is 13.0 Å². The Bertz CT molecular complexity index is 548. The summed E-state index contributed by atoms with van der Waals surface area (Å²) in [6.07, 6.45) is 3.37. The number of hydrogen-bond acceptors (Lipinski definition) is 3. The lowest BCUT2D eigenvalue weighted by Gasteiger charge is -2.11. The van der Waals surface area contributed by atoms with Gasteiger partial charge in [-0.15, -0.1) is 0 Å². The molecule has 1 aliphatic carbocycles. The Labute approximate surface area is 106 Å². The lowest BCUT2D eigenvalue weighted by Crippen LogP contribution is -2.12. The largest absolute Gasteiger partial charge is 0.493 e. The first kappa shape index (κ1) is 12.3. The standard InChI is InChI=1S/C15H14O3/c1-10-3-5-11(6-4-10)15(17)12-7-8-13(16)14(9-12)18-2/h3-7,9H,8H2,1-2H3. The van der Waals surface area contributed by atoms with Gasteiger partial charge in [-0.25, -0.2) is 0 Å². The maximum Gasteiger partial charge on any atom is 0.201 e. The van der Waals surface area contributed by atoms with Crippen LogP contribution in [-0.2, 0) is 9.53 Å². The van der Waals surface area contributed by atoms with E-state index in [1.54, 1.807) is 18.2 Å². The SMILES string of the molecule is COC1=CC(C(=O)c2ccc(C)cc2)=CCC1=O. The molecule has 0 aromatic heterocycles. The van der Waals surface area contributed by atoms with Crippen LogP contribution in [0.2, 0.25) is 0 Å². The predicted octanol–water partition coefficient (Wildman–Crippen LogP) is 2.61. The third-order valence-electron chi connectivity index (χ3n) is 2.86. The molecule has 2 rings (SSSR count). The molecule has 1 aliphatic rings. The van der Waals surface area contributed by atoms with E-state index in [0.717, 1.165) is 5.56 Å². The van der Waals surface area contributed by atoms with E-state index in [0.29, 0.717) is 11.1 Å². The lowest BCUT2D eigenvalue weighted by atomic mass is 9.96. The molecular formula is C15H14O3. The first-order valence-electron chi connectivity index (χ1n) is 5.72. The molecule has 18 heavy (non-hydrogen) atoms. The molecule has 1 aromatic carbocycles. The molecule has 0 saturated carbocycles. The number of benzene rings is 1. The maximum atomic E-state index is 12.2. The summed E-state index contributed by atoms with van der Waals surface area (Å²) in [4.78, 5) is 23.6. The second-order valence-electron chi connectivity index (χ2n) is 4.19. The Hall–Kier alpha value is -2.16. The van der Waals surface area contributed by atoms with Gasteiger partial charge in [-0.2, -0.15) is 0 Å². The van der Waals surface area contributed by atoms with Crippen molar-refractivity contribution in [1.82, 2.24) is 0 Å². The highest BCUT2D eigenvalue weighted by atomic mass is 16.5. The summed E-state index contributed by atoms with van der Waals surface area (Å²) < 4.78 is 4.96. The molecule has 0 amide bonds. The van der Waals surface area contributed by atoms with Gasteiger partial charge in [-0.3, -0.25) is 9.59 Å². The number of rotatable bonds is 3. The van der Waals surface area contributed by atoms with Crippen LogP contribution >= 0.6 is 0 Å². The van der Waals surface area contributed by atoms with Gasteiger partial charge >= 0.3 is 0 Å². The van der Waals surface area contributed by atoms with Crippen LogP contribution < -0.4 is 0 Å².